The van der Waals surface area contributed by atoms with Crippen molar-refractivity contribution < 1.29 is 33.7 Å². The zero-order chi connectivity index (χ0) is 17.3. The fourth-order valence-electron chi connectivity index (χ4n) is 1.87. The Morgan fingerprint density at radius 3 is 0.714 bits per heavy atom. The van der Waals surface area contributed by atoms with Crippen LogP contribution in [0.3, 0.4) is 0 Å². The molecule has 0 rings (SSSR count). The van der Waals surface area contributed by atoms with Gasteiger partial charge in [-0.15, -0.1) is 0 Å². The minimum atomic E-state index is -6.84. The molecule has 21 heavy (non-hydrogen) atoms. The Bertz CT molecular complexity index is 647. The second kappa shape index (κ2) is 6.61. The topological polar surface area (TPSA) is 137 Å². The zero-order valence-electron chi connectivity index (χ0n) is 12.2. The van der Waals surface area contributed by atoms with Crippen LogP contribution in [0.5, 0.6) is 0 Å². The summed E-state index contributed by atoms with van der Waals surface area (Å²) >= 11 is -6.84. The molecule has 0 heterocycles. The van der Waals surface area contributed by atoms with Crippen LogP contribution in [-0.2, 0) is 28.1 Å². The normalized spacial score (nSPS) is 15.0. The van der Waals surface area contributed by atoms with Gasteiger partial charge in [0.25, 0.3) is 0 Å². The van der Waals surface area contributed by atoms with Crippen molar-refractivity contribution in [3.8, 4) is 0 Å². The average molecular weight is 491 g/mol. The van der Waals surface area contributed by atoms with Gasteiger partial charge in [0.15, 0.2) is 0 Å². The second-order valence-electron chi connectivity index (χ2n) is 4.11. The summed E-state index contributed by atoms with van der Waals surface area (Å²) in [4.78, 5) is 0. The fourth-order valence-corrected chi connectivity index (χ4v) is 113. The van der Waals surface area contributed by atoms with Crippen molar-refractivity contribution in [1.29, 1.82) is 0 Å². The zero-order valence-corrected chi connectivity index (χ0v) is 18.3. The molecule has 0 N–H and O–H groups in total. The molecule has 0 unspecified atom stereocenters. The van der Waals surface area contributed by atoms with Crippen molar-refractivity contribution in [2.75, 3.05) is 23.0 Å². The van der Waals surface area contributed by atoms with Crippen molar-refractivity contribution in [3.05, 3.63) is 0 Å². The van der Waals surface area contributed by atoms with E-state index in [4.69, 9.17) is 0 Å². The van der Waals surface area contributed by atoms with Gasteiger partial charge in [-0.1, -0.05) is 0 Å². The molecular weight excluding hydrogens is 471 g/mol. The van der Waals surface area contributed by atoms with Crippen LogP contribution in [0.15, 0.2) is 0 Å². The Hall–Kier alpha value is 0.599. The summed E-state index contributed by atoms with van der Waals surface area (Å²) in [5.41, 5.74) is 0. The summed E-state index contributed by atoms with van der Waals surface area (Å²) in [5, 5.41) is 0. The van der Waals surface area contributed by atoms with Crippen molar-refractivity contribution in [3.63, 3.8) is 0 Å². The predicted octanol–water partition coefficient (Wildman–Crippen LogP) is -0.839. The first-order valence-corrected chi connectivity index (χ1v) is 26.7. The number of rotatable bonds is 8. The van der Waals surface area contributed by atoms with Gasteiger partial charge in [0.1, 0.15) is 0 Å². The van der Waals surface area contributed by atoms with Gasteiger partial charge in [0.2, 0.25) is 0 Å². The molecule has 0 spiro atoms. The SMILES string of the molecule is CC[S](=O)(=O)[Sn]([S](=O)(=O)CC)([S](=O)(=O)CC)[S](=O)(=O)CC. The van der Waals surface area contributed by atoms with Gasteiger partial charge in [-0.2, -0.15) is 0 Å². The van der Waals surface area contributed by atoms with Crippen LogP contribution >= 0.6 is 0 Å². The molecule has 128 valence electrons. The molecule has 0 aliphatic carbocycles. The molecule has 0 saturated heterocycles. The molecule has 0 radical (unpaired) electrons. The van der Waals surface area contributed by atoms with Crippen LogP contribution in [0, 0.1) is 0 Å². The second-order valence-corrected chi connectivity index (χ2v) is 62.3. The van der Waals surface area contributed by atoms with Crippen LogP contribution < -0.4 is 0 Å². The average Bonchev–Trinajstić information content (AvgIpc) is 2.37. The number of hydrogen-bond donors (Lipinski definition) is 0. The first-order valence-electron chi connectivity index (χ1n) is 6.13. The summed E-state index contributed by atoms with van der Waals surface area (Å²) in [6, 6.07) is 0. The van der Waals surface area contributed by atoms with Gasteiger partial charge in [-0.05, 0) is 0 Å². The van der Waals surface area contributed by atoms with Crippen molar-refractivity contribution >= 4 is 40.9 Å². The maximum atomic E-state index is 12.4. The van der Waals surface area contributed by atoms with E-state index in [9.17, 15) is 33.7 Å². The van der Waals surface area contributed by atoms with E-state index in [0.717, 1.165) is 27.7 Å². The van der Waals surface area contributed by atoms with E-state index >= 15 is 0 Å². The standard InChI is InChI=1S/4C2H5O2S.Sn/c4*1-2-5(3)4;/h4*2H2,1H3;. The van der Waals surface area contributed by atoms with Crippen LogP contribution in [0.4, 0.5) is 0 Å². The summed E-state index contributed by atoms with van der Waals surface area (Å²) in [6.07, 6.45) is 0. The maximum absolute atomic E-state index is 12.4. The Morgan fingerprint density at radius 2 is 0.619 bits per heavy atom. The monoisotopic (exact) mass is 492 g/mol. The molecular formula is C8H20O8S4Sn. The molecule has 0 aromatic heterocycles. The molecule has 0 bridgehead atoms. The van der Waals surface area contributed by atoms with E-state index in [1.54, 1.807) is 0 Å². The van der Waals surface area contributed by atoms with Gasteiger partial charge in [-0.25, -0.2) is 0 Å². The van der Waals surface area contributed by atoms with E-state index in [1.807, 2.05) is 0 Å². The molecule has 0 atom stereocenters. The fraction of sp³-hybridized carbons (Fsp3) is 1.00. The van der Waals surface area contributed by atoms with E-state index in [-0.39, 0.29) is 0 Å². The van der Waals surface area contributed by atoms with E-state index < -0.39 is 63.9 Å². The van der Waals surface area contributed by atoms with Gasteiger partial charge in [0, 0.05) is 0 Å². The molecule has 0 saturated carbocycles. The van der Waals surface area contributed by atoms with Gasteiger partial charge < -0.3 is 0 Å². The molecule has 0 aromatic rings. The van der Waals surface area contributed by atoms with Crippen LogP contribution in [0.25, 0.3) is 0 Å². The quantitative estimate of drug-likeness (QED) is 0.401. The molecule has 8 nitrogen and oxygen atoms in total. The molecule has 0 fully saturated rings. The third kappa shape index (κ3) is 3.02. The molecule has 0 aromatic carbocycles. The van der Waals surface area contributed by atoms with E-state index in [0.29, 0.717) is 0 Å². The van der Waals surface area contributed by atoms with E-state index in [1.165, 1.54) is 0 Å². The summed E-state index contributed by atoms with van der Waals surface area (Å²) in [5.74, 6) is -3.33. The minimum absolute atomic E-state index is 0.833. The predicted molar refractivity (Wildman–Crippen MR) is 83.6 cm³/mol. The van der Waals surface area contributed by atoms with Gasteiger partial charge in [-0.3, -0.25) is 0 Å². The van der Waals surface area contributed by atoms with Crippen LogP contribution in [0.1, 0.15) is 27.7 Å². The van der Waals surface area contributed by atoms with Crippen molar-refractivity contribution in [2.45, 2.75) is 27.7 Å². The van der Waals surface area contributed by atoms with Crippen molar-refractivity contribution in [2.24, 2.45) is 0 Å². The molecule has 0 amide bonds. The van der Waals surface area contributed by atoms with Crippen molar-refractivity contribution in [1.82, 2.24) is 0 Å². The Morgan fingerprint density at radius 1 is 0.476 bits per heavy atom. The summed E-state index contributed by atoms with van der Waals surface area (Å²) in [7, 11) is -19.1. The first-order chi connectivity index (χ1) is 9.24. The van der Waals surface area contributed by atoms with Gasteiger partial charge in [0.05, 0.1) is 0 Å². The Balaban J connectivity index is 7.61. The Labute approximate surface area is 124 Å². The van der Waals surface area contributed by atoms with E-state index in [2.05, 4.69) is 0 Å². The van der Waals surface area contributed by atoms with Crippen LogP contribution in [-0.4, -0.2) is 69.5 Å². The summed E-state index contributed by atoms with van der Waals surface area (Å²) in [6.45, 7) is 4.23. The molecule has 13 heteroatoms. The van der Waals surface area contributed by atoms with Crippen LogP contribution in [0.2, 0.25) is 0 Å². The third-order valence-electron chi connectivity index (χ3n) is 3.04. The first kappa shape index (κ1) is 21.6. The third-order valence-corrected chi connectivity index (χ3v) is 106. The van der Waals surface area contributed by atoms with Gasteiger partial charge >= 0.3 is 125 Å². The molecule has 0 aliphatic rings. The number of hydrogen-bond acceptors (Lipinski definition) is 8. The molecule has 0 aliphatic heterocycles. The Kier molecular flexibility index (Phi) is 6.80. The summed E-state index contributed by atoms with van der Waals surface area (Å²) < 4.78 is 99.2.